The molecule has 0 radical (unpaired) electrons. The van der Waals surface area contributed by atoms with E-state index in [9.17, 15) is 14.7 Å². The zero-order valence-electron chi connectivity index (χ0n) is 12.4. The lowest BCUT2D eigenvalue weighted by Crippen LogP contribution is -2.41. The van der Waals surface area contributed by atoms with Crippen LogP contribution in [0.5, 0.6) is 0 Å². The fourth-order valence-corrected chi connectivity index (χ4v) is 2.61. The average molecular weight is 327 g/mol. The Kier molecular flexibility index (Phi) is 6.44. The maximum Gasteiger partial charge on any atom is 0.326 e. The molecule has 4 nitrogen and oxygen atoms in total. The summed E-state index contributed by atoms with van der Waals surface area (Å²) in [6.07, 6.45) is 1.60. The van der Waals surface area contributed by atoms with Gasteiger partial charge < -0.3 is 10.4 Å². The molecule has 0 spiro atoms. The molecule has 23 heavy (non-hydrogen) atoms. The van der Waals surface area contributed by atoms with Gasteiger partial charge in [-0.2, -0.15) is 0 Å². The normalized spacial score (nSPS) is 12.0. The van der Waals surface area contributed by atoms with Crippen molar-refractivity contribution in [1.82, 2.24) is 5.32 Å². The lowest BCUT2D eigenvalue weighted by atomic mass is 10.1. The van der Waals surface area contributed by atoms with Gasteiger partial charge in [-0.3, -0.25) is 4.79 Å². The fourth-order valence-electron chi connectivity index (χ4n) is 1.94. The molecule has 2 rings (SSSR count). The number of hydrogen-bond donors (Lipinski definition) is 2. The third-order valence-electron chi connectivity index (χ3n) is 3.06. The summed E-state index contributed by atoms with van der Waals surface area (Å²) in [4.78, 5) is 24.2. The van der Waals surface area contributed by atoms with Gasteiger partial charge in [0.15, 0.2) is 0 Å². The van der Waals surface area contributed by atoms with E-state index in [0.717, 1.165) is 10.5 Å². The Morgan fingerprint density at radius 1 is 1.04 bits per heavy atom. The van der Waals surface area contributed by atoms with E-state index in [0.29, 0.717) is 0 Å². The van der Waals surface area contributed by atoms with Gasteiger partial charge in [0, 0.05) is 17.4 Å². The van der Waals surface area contributed by atoms with Gasteiger partial charge in [0.25, 0.3) is 0 Å². The van der Waals surface area contributed by atoms with E-state index < -0.39 is 17.9 Å². The molecule has 1 amide bonds. The van der Waals surface area contributed by atoms with Crippen LogP contribution in [0.25, 0.3) is 0 Å². The predicted molar refractivity (Wildman–Crippen MR) is 91.2 cm³/mol. The number of amides is 1. The van der Waals surface area contributed by atoms with Crippen molar-refractivity contribution in [2.24, 2.45) is 0 Å². The van der Waals surface area contributed by atoms with Crippen LogP contribution in [0, 0.1) is 0 Å². The molecular weight excluding hydrogens is 310 g/mol. The number of rotatable bonds is 7. The number of thioether (sulfide) groups is 1. The molecule has 0 bridgehead atoms. The first kappa shape index (κ1) is 16.8. The summed E-state index contributed by atoms with van der Waals surface area (Å²) in [6, 6.07) is 17.9. The molecule has 2 N–H and O–H groups in total. The quantitative estimate of drug-likeness (QED) is 0.606. The monoisotopic (exact) mass is 327 g/mol. The fraction of sp³-hybridized carbons (Fsp3) is 0.111. The highest BCUT2D eigenvalue weighted by molar-refractivity contribution is 8.02. The van der Waals surface area contributed by atoms with Crippen LogP contribution in [-0.4, -0.2) is 23.0 Å². The number of benzene rings is 2. The molecule has 0 heterocycles. The second-order valence-corrected chi connectivity index (χ2v) is 5.80. The van der Waals surface area contributed by atoms with Crippen molar-refractivity contribution in [1.29, 1.82) is 0 Å². The molecule has 0 aliphatic heterocycles. The van der Waals surface area contributed by atoms with E-state index in [4.69, 9.17) is 0 Å². The summed E-state index contributed by atoms with van der Waals surface area (Å²) < 4.78 is 0. The van der Waals surface area contributed by atoms with E-state index >= 15 is 0 Å². The maximum atomic E-state index is 11.9. The van der Waals surface area contributed by atoms with E-state index in [1.165, 1.54) is 17.8 Å². The number of nitrogens with one attached hydrogen (secondary N) is 1. The number of carbonyl (C=O) groups is 2. The number of aliphatic carboxylic acids is 1. The first-order chi connectivity index (χ1) is 11.1. The molecule has 0 aromatic heterocycles. The van der Waals surface area contributed by atoms with E-state index in [1.54, 1.807) is 5.41 Å². The average Bonchev–Trinajstić information content (AvgIpc) is 2.56. The largest absolute Gasteiger partial charge is 0.480 e. The molecule has 2 aromatic carbocycles. The first-order valence-corrected chi connectivity index (χ1v) is 7.98. The Labute approximate surface area is 139 Å². The van der Waals surface area contributed by atoms with Gasteiger partial charge in [0.1, 0.15) is 6.04 Å². The van der Waals surface area contributed by atoms with Gasteiger partial charge in [-0.1, -0.05) is 60.3 Å². The van der Waals surface area contributed by atoms with E-state index in [-0.39, 0.29) is 6.42 Å². The molecule has 0 fully saturated rings. The van der Waals surface area contributed by atoms with Gasteiger partial charge in [0.2, 0.25) is 5.91 Å². The molecular formula is C18H17NO3S. The Balaban J connectivity index is 1.89. The van der Waals surface area contributed by atoms with E-state index in [1.807, 2.05) is 60.7 Å². The summed E-state index contributed by atoms with van der Waals surface area (Å²) in [5, 5.41) is 13.4. The molecule has 0 aliphatic carbocycles. The summed E-state index contributed by atoms with van der Waals surface area (Å²) >= 11 is 1.40. The molecule has 1 atom stereocenters. The van der Waals surface area contributed by atoms with Crippen LogP contribution < -0.4 is 5.32 Å². The lowest BCUT2D eigenvalue weighted by Gasteiger charge is -2.13. The Morgan fingerprint density at radius 3 is 2.26 bits per heavy atom. The standard InChI is InChI=1S/C18H17NO3S/c20-17(11-12-23-15-9-5-2-6-10-15)19-16(18(21)22)13-14-7-3-1-4-8-14/h1-12,16H,13H2,(H,19,20)(H,21,22)/b12-11+/t16-/m0/s1. The summed E-state index contributed by atoms with van der Waals surface area (Å²) in [6.45, 7) is 0. The Morgan fingerprint density at radius 2 is 1.65 bits per heavy atom. The third-order valence-corrected chi connectivity index (χ3v) is 3.88. The van der Waals surface area contributed by atoms with Gasteiger partial charge in [-0.25, -0.2) is 4.79 Å². The minimum atomic E-state index is -1.05. The zero-order valence-corrected chi connectivity index (χ0v) is 13.2. The minimum absolute atomic E-state index is 0.252. The smallest absolute Gasteiger partial charge is 0.326 e. The van der Waals surface area contributed by atoms with Crippen LogP contribution in [0.2, 0.25) is 0 Å². The van der Waals surface area contributed by atoms with Gasteiger partial charge in [-0.05, 0) is 23.1 Å². The highest BCUT2D eigenvalue weighted by atomic mass is 32.2. The van der Waals surface area contributed by atoms with Crippen molar-refractivity contribution in [2.75, 3.05) is 0 Å². The molecule has 5 heteroatoms. The van der Waals surface area contributed by atoms with Gasteiger partial charge in [0.05, 0.1) is 0 Å². The maximum absolute atomic E-state index is 11.9. The van der Waals surface area contributed by atoms with Crippen LogP contribution in [0.1, 0.15) is 5.56 Å². The molecule has 0 unspecified atom stereocenters. The van der Waals surface area contributed by atoms with Crippen molar-refractivity contribution in [2.45, 2.75) is 17.4 Å². The number of hydrogen-bond acceptors (Lipinski definition) is 3. The van der Waals surface area contributed by atoms with Gasteiger partial charge in [-0.15, -0.1) is 0 Å². The molecule has 118 valence electrons. The summed E-state index contributed by atoms with van der Waals surface area (Å²) in [5.41, 5.74) is 0.864. The number of carboxylic acid groups (broad SMARTS) is 1. The van der Waals surface area contributed by atoms with Crippen molar-refractivity contribution in [3.8, 4) is 0 Å². The zero-order chi connectivity index (χ0) is 16.5. The Bertz CT molecular complexity index is 671. The highest BCUT2D eigenvalue weighted by Gasteiger charge is 2.19. The third kappa shape index (κ3) is 6.00. The second-order valence-electron chi connectivity index (χ2n) is 4.82. The van der Waals surface area contributed by atoms with Crippen molar-refractivity contribution >= 4 is 23.6 Å². The van der Waals surface area contributed by atoms with E-state index in [2.05, 4.69) is 5.32 Å². The van der Waals surface area contributed by atoms with Crippen molar-refractivity contribution < 1.29 is 14.7 Å². The van der Waals surface area contributed by atoms with Crippen molar-refractivity contribution in [3.63, 3.8) is 0 Å². The van der Waals surface area contributed by atoms with Crippen LogP contribution in [0.4, 0.5) is 0 Å². The Hall–Kier alpha value is -2.53. The topological polar surface area (TPSA) is 66.4 Å². The first-order valence-electron chi connectivity index (χ1n) is 7.10. The number of carbonyl (C=O) groups excluding carboxylic acids is 1. The van der Waals surface area contributed by atoms with Crippen molar-refractivity contribution in [3.05, 3.63) is 77.7 Å². The minimum Gasteiger partial charge on any atom is -0.480 e. The summed E-state index contributed by atoms with van der Waals surface area (Å²) in [7, 11) is 0. The van der Waals surface area contributed by atoms with Crippen LogP contribution in [0.15, 0.2) is 77.0 Å². The molecule has 0 aliphatic rings. The van der Waals surface area contributed by atoms with Crippen LogP contribution in [0.3, 0.4) is 0 Å². The number of carboxylic acids is 1. The van der Waals surface area contributed by atoms with Gasteiger partial charge >= 0.3 is 5.97 Å². The highest BCUT2D eigenvalue weighted by Crippen LogP contribution is 2.17. The predicted octanol–water partition coefficient (Wildman–Crippen LogP) is 3.10. The molecule has 0 saturated heterocycles. The van der Waals surface area contributed by atoms with Crippen LogP contribution in [-0.2, 0) is 16.0 Å². The lowest BCUT2D eigenvalue weighted by molar-refractivity contribution is -0.141. The molecule has 0 saturated carbocycles. The second kappa shape index (κ2) is 8.80. The molecule has 2 aromatic rings. The summed E-state index contributed by atoms with van der Waals surface area (Å²) in [5.74, 6) is -1.47. The van der Waals surface area contributed by atoms with Crippen LogP contribution >= 0.6 is 11.8 Å². The SMILES string of the molecule is O=C(/C=C/Sc1ccccc1)N[C@@H](Cc1ccccc1)C(=O)O.